The molecule has 4 rings (SSSR count). The topological polar surface area (TPSA) is 120 Å². The third kappa shape index (κ3) is 4.51. The lowest BCUT2D eigenvalue weighted by Gasteiger charge is -2.08. The molecular weight excluding hydrogens is 414 g/mol. The minimum Gasteiger partial charge on any atom is -0.364 e. The quantitative estimate of drug-likeness (QED) is 0.484. The van der Waals surface area contributed by atoms with Gasteiger partial charge in [0.15, 0.2) is 10.8 Å². The predicted octanol–water partition coefficient (Wildman–Crippen LogP) is 2.49. The molecule has 0 saturated carbocycles. The van der Waals surface area contributed by atoms with E-state index in [1.807, 2.05) is 19.1 Å². The van der Waals surface area contributed by atoms with Gasteiger partial charge in [0.05, 0.1) is 5.39 Å². The Balaban J connectivity index is 1.50. The van der Waals surface area contributed by atoms with Gasteiger partial charge in [-0.2, -0.15) is 5.10 Å². The van der Waals surface area contributed by atoms with Gasteiger partial charge in [-0.25, -0.2) is 9.67 Å². The largest absolute Gasteiger partial charge is 0.364 e. The second-order valence-corrected chi connectivity index (χ2v) is 8.18. The number of rotatable bonds is 6. The molecule has 4 aromatic rings. The molecule has 0 fully saturated rings. The zero-order chi connectivity index (χ0) is 22.0. The first kappa shape index (κ1) is 20.4. The molecule has 2 aromatic heterocycles. The van der Waals surface area contributed by atoms with Crippen molar-refractivity contribution in [3.8, 4) is 0 Å². The van der Waals surface area contributed by atoms with E-state index in [4.69, 9.17) is 5.73 Å². The molecule has 3 N–H and O–H groups in total. The average Bonchev–Trinajstić information content (AvgIpc) is 3.18. The minimum atomic E-state index is -0.772. The molecule has 0 aliphatic heterocycles. The number of carbonyl (C=O) groups excluding carboxylic acids is 2. The first-order valence-corrected chi connectivity index (χ1v) is 10.3. The Morgan fingerprint density at radius 3 is 2.52 bits per heavy atom. The lowest BCUT2D eigenvalue weighted by Crippen LogP contribution is -2.32. The molecule has 9 heteroatoms. The van der Waals surface area contributed by atoms with Crippen LogP contribution in [0.5, 0.6) is 0 Å². The molecule has 156 valence electrons. The molecule has 0 unspecified atom stereocenters. The van der Waals surface area contributed by atoms with Gasteiger partial charge in [-0.1, -0.05) is 48.0 Å². The van der Waals surface area contributed by atoms with E-state index < -0.39 is 17.4 Å². The number of fused-ring (bicyclic) bond motifs is 1. The summed E-state index contributed by atoms with van der Waals surface area (Å²) in [5.74, 6) is -1.25. The molecule has 31 heavy (non-hydrogen) atoms. The molecule has 2 aromatic carbocycles. The summed E-state index contributed by atoms with van der Waals surface area (Å²) < 4.78 is 0.943. The van der Waals surface area contributed by atoms with E-state index in [1.54, 1.807) is 30.5 Å². The highest BCUT2D eigenvalue weighted by Crippen LogP contribution is 2.21. The summed E-state index contributed by atoms with van der Waals surface area (Å²) in [5.41, 5.74) is 7.21. The summed E-state index contributed by atoms with van der Waals surface area (Å²) in [6.07, 6.45) is 2.42. The van der Waals surface area contributed by atoms with Crippen LogP contribution in [-0.4, -0.2) is 26.6 Å². The molecule has 0 atom stereocenters. The highest BCUT2D eigenvalue weighted by Gasteiger charge is 2.16. The van der Waals surface area contributed by atoms with Crippen LogP contribution >= 0.6 is 11.3 Å². The summed E-state index contributed by atoms with van der Waals surface area (Å²) in [6, 6.07) is 14.7. The van der Waals surface area contributed by atoms with E-state index in [2.05, 4.69) is 27.5 Å². The van der Waals surface area contributed by atoms with Crippen LogP contribution in [0.1, 0.15) is 26.5 Å². The third-order valence-electron chi connectivity index (χ3n) is 4.69. The number of benzene rings is 2. The van der Waals surface area contributed by atoms with Crippen molar-refractivity contribution < 1.29 is 9.59 Å². The standard InChI is InChI=1S/C22H19N5O3S/c1-13-6-8-14(9-7-13)10-15-11-24-22(31-15)25-18(28)12-27-21(30)17-5-3-2-4-16(17)19(26-27)20(23)29/h2-9,11H,10,12H2,1H3,(H2,23,29)(H,24,25,28). The Hall–Kier alpha value is -3.85. The number of amides is 2. The van der Waals surface area contributed by atoms with Crippen molar-refractivity contribution in [2.75, 3.05) is 5.32 Å². The van der Waals surface area contributed by atoms with E-state index in [9.17, 15) is 14.4 Å². The fourth-order valence-corrected chi connectivity index (χ4v) is 4.04. The van der Waals surface area contributed by atoms with Crippen molar-refractivity contribution in [3.05, 3.63) is 86.8 Å². The zero-order valence-electron chi connectivity index (χ0n) is 16.7. The first-order valence-electron chi connectivity index (χ1n) is 9.50. The van der Waals surface area contributed by atoms with Crippen molar-refractivity contribution in [3.63, 3.8) is 0 Å². The van der Waals surface area contributed by atoms with Gasteiger partial charge in [-0.15, -0.1) is 11.3 Å². The molecule has 2 amide bonds. The van der Waals surface area contributed by atoms with Gasteiger partial charge >= 0.3 is 0 Å². The lowest BCUT2D eigenvalue weighted by molar-refractivity contribution is -0.117. The van der Waals surface area contributed by atoms with Gasteiger partial charge in [0.25, 0.3) is 11.5 Å². The Kier molecular flexibility index (Phi) is 5.59. The predicted molar refractivity (Wildman–Crippen MR) is 119 cm³/mol. The second kappa shape index (κ2) is 8.49. The summed E-state index contributed by atoms with van der Waals surface area (Å²) >= 11 is 1.36. The van der Waals surface area contributed by atoms with Crippen molar-refractivity contribution in [2.45, 2.75) is 19.9 Å². The van der Waals surface area contributed by atoms with Gasteiger partial charge in [-0.3, -0.25) is 14.4 Å². The monoisotopic (exact) mass is 433 g/mol. The van der Waals surface area contributed by atoms with Gasteiger partial charge < -0.3 is 11.1 Å². The third-order valence-corrected chi connectivity index (χ3v) is 5.61. The van der Waals surface area contributed by atoms with Crippen LogP contribution < -0.4 is 16.6 Å². The summed E-state index contributed by atoms with van der Waals surface area (Å²) in [7, 11) is 0. The number of nitrogens with two attached hydrogens (primary N) is 1. The number of aromatic nitrogens is 3. The molecule has 0 radical (unpaired) electrons. The van der Waals surface area contributed by atoms with Crippen LogP contribution in [0, 0.1) is 6.92 Å². The number of thiazole rings is 1. The Labute approximate surface area is 181 Å². The van der Waals surface area contributed by atoms with Crippen molar-refractivity contribution in [1.29, 1.82) is 0 Å². The van der Waals surface area contributed by atoms with Crippen LogP contribution in [0.3, 0.4) is 0 Å². The van der Waals surface area contributed by atoms with Crippen LogP contribution in [0.25, 0.3) is 10.8 Å². The average molecular weight is 433 g/mol. The van der Waals surface area contributed by atoms with Crippen LogP contribution in [0.15, 0.2) is 59.5 Å². The van der Waals surface area contributed by atoms with E-state index in [1.165, 1.54) is 16.9 Å². The van der Waals surface area contributed by atoms with Gasteiger partial charge in [0, 0.05) is 22.9 Å². The fraction of sp³-hybridized carbons (Fsp3) is 0.136. The summed E-state index contributed by atoms with van der Waals surface area (Å²) in [6.45, 7) is 1.67. The number of aryl methyl sites for hydroxylation is 1. The Morgan fingerprint density at radius 1 is 1.10 bits per heavy atom. The highest BCUT2D eigenvalue weighted by molar-refractivity contribution is 7.15. The van der Waals surface area contributed by atoms with Crippen molar-refractivity contribution in [1.82, 2.24) is 14.8 Å². The molecule has 0 saturated heterocycles. The molecule has 0 aliphatic carbocycles. The molecule has 2 heterocycles. The van der Waals surface area contributed by atoms with Gasteiger partial charge in [0.1, 0.15) is 6.54 Å². The number of hydrogen-bond acceptors (Lipinski definition) is 6. The lowest BCUT2D eigenvalue weighted by atomic mass is 10.1. The maximum Gasteiger partial charge on any atom is 0.275 e. The van der Waals surface area contributed by atoms with Crippen LogP contribution in [0.4, 0.5) is 5.13 Å². The van der Waals surface area contributed by atoms with Crippen molar-refractivity contribution >= 4 is 39.1 Å². The smallest absolute Gasteiger partial charge is 0.275 e. The fourth-order valence-electron chi connectivity index (χ4n) is 3.17. The van der Waals surface area contributed by atoms with Crippen molar-refractivity contribution in [2.24, 2.45) is 5.73 Å². The maximum absolute atomic E-state index is 12.7. The Bertz CT molecular complexity index is 1340. The van der Waals surface area contributed by atoms with Gasteiger partial charge in [-0.05, 0) is 18.6 Å². The summed E-state index contributed by atoms with van der Waals surface area (Å²) in [5, 5.41) is 7.74. The highest BCUT2D eigenvalue weighted by atomic mass is 32.1. The van der Waals surface area contributed by atoms with Gasteiger partial charge in [0.2, 0.25) is 5.91 Å². The minimum absolute atomic E-state index is 0.0577. The molecule has 0 bridgehead atoms. The molecular formula is C22H19N5O3S. The second-order valence-electron chi connectivity index (χ2n) is 7.06. The van der Waals surface area contributed by atoms with E-state index in [0.29, 0.717) is 16.9 Å². The SMILES string of the molecule is Cc1ccc(Cc2cnc(NC(=O)Cn3nc(C(N)=O)c4ccccc4c3=O)s2)cc1. The van der Waals surface area contributed by atoms with Crippen LogP contribution in [-0.2, 0) is 17.8 Å². The number of anilines is 1. The van der Waals surface area contributed by atoms with E-state index in [-0.39, 0.29) is 17.6 Å². The molecule has 0 spiro atoms. The normalized spacial score (nSPS) is 10.9. The number of primary amides is 1. The van der Waals surface area contributed by atoms with E-state index >= 15 is 0 Å². The molecule has 8 nitrogen and oxygen atoms in total. The number of nitrogens with zero attached hydrogens (tertiary/aromatic N) is 3. The van der Waals surface area contributed by atoms with E-state index in [0.717, 1.165) is 15.1 Å². The first-order chi connectivity index (χ1) is 14.9. The maximum atomic E-state index is 12.7. The van der Waals surface area contributed by atoms with Crippen LogP contribution in [0.2, 0.25) is 0 Å². The zero-order valence-corrected chi connectivity index (χ0v) is 17.5. The Morgan fingerprint density at radius 2 is 1.81 bits per heavy atom. The number of hydrogen-bond donors (Lipinski definition) is 2. The number of nitrogens with one attached hydrogen (secondary N) is 1. The summed E-state index contributed by atoms with van der Waals surface area (Å²) in [4.78, 5) is 42.2. The molecule has 0 aliphatic rings. The number of carbonyl (C=O) groups is 2.